The van der Waals surface area contributed by atoms with Gasteiger partial charge in [0.25, 0.3) is 0 Å². The molecule has 0 spiro atoms. The molecule has 2 aromatic rings. The van der Waals surface area contributed by atoms with Crippen molar-refractivity contribution >= 4 is 10.0 Å². The van der Waals surface area contributed by atoms with Crippen molar-refractivity contribution in [2.75, 3.05) is 0 Å². The number of aryl methyl sites for hydroxylation is 3. The Balaban J connectivity index is 2.32. The van der Waals surface area contributed by atoms with E-state index in [0.717, 1.165) is 11.6 Å². The fraction of sp³-hybridized carbons (Fsp3) is 0.200. The van der Waals surface area contributed by atoms with Crippen LogP contribution in [0.5, 0.6) is 0 Å². The maximum absolute atomic E-state index is 13.6. The second kappa shape index (κ2) is 5.91. The Bertz CT molecular complexity index is 773. The number of primary sulfonamides is 1. The van der Waals surface area contributed by atoms with Gasteiger partial charge in [-0.05, 0) is 43.0 Å². The first-order valence-electron chi connectivity index (χ1n) is 6.34. The maximum atomic E-state index is 13.6. The minimum atomic E-state index is -3.84. The van der Waals surface area contributed by atoms with Gasteiger partial charge in [-0.25, -0.2) is 22.3 Å². The molecule has 0 aromatic heterocycles. The van der Waals surface area contributed by atoms with E-state index in [-0.39, 0.29) is 23.3 Å². The largest absolute Gasteiger partial charge is 0.238 e. The zero-order valence-electron chi connectivity index (χ0n) is 11.4. The van der Waals surface area contributed by atoms with Gasteiger partial charge in [-0.15, -0.1) is 0 Å². The minimum absolute atomic E-state index is 0.0184. The minimum Gasteiger partial charge on any atom is -0.225 e. The predicted octanol–water partition coefficient (Wildman–Crippen LogP) is 2.71. The summed E-state index contributed by atoms with van der Waals surface area (Å²) in [5, 5.41) is 5.17. The lowest BCUT2D eigenvalue weighted by Crippen LogP contribution is -2.15. The molecule has 2 rings (SSSR count). The van der Waals surface area contributed by atoms with Crippen LogP contribution in [0.25, 0.3) is 0 Å². The van der Waals surface area contributed by atoms with Gasteiger partial charge in [0.15, 0.2) is 11.6 Å². The number of nitrogens with two attached hydrogens (primary N) is 1. The SMILES string of the molecule is Cc1ccc(S(N)(=O)=O)c(CCc2cccc(F)c2F)c1. The molecule has 0 aliphatic rings. The molecule has 0 saturated carbocycles. The highest BCUT2D eigenvalue weighted by Gasteiger charge is 2.15. The highest BCUT2D eigenvalue weighted by atomic mass is 32.2. The zero-order valence-corrected chi connectivity index (χ0v) is 12.3. The van der Waals surface area contributed by atoms with Gasteiger partial charge in [-0.2, -0.15) is 0 Å². The van der Waals surface area contributed by atoms with Crippen LogP contribution in [-0.4, -0.2) is 8.42 Å². The third-order valence-electron chi connectivity index (χ3n) is 3.22. The quantitative estimate of drug-likeness (QED) is 0.943. The number of halogens is 2. The first-order valence-corrected chi connectivity index (χ1v) is 7.89. The van der Waals surface area contributed by atoms with Crippen LogP contribution < -0.4 is 5.14 Å². The Morgan fingerprint density at radius 2 is 1.71 bits per heavy atom. The molecule has 0 saturated heterocycles. The third-order valence-corrected chi connectivity index (χ3v) is 4.23. The second-order valence-corrected chi connectivity index (χ2v) is 6.40. The van der Waals surface area contributed by atoms with Crippen molar-refractivity contribution in [2.24, 2.45) is 5.14 Å². The van der Waals surface area contributed by atoms with E-state index < -0.39 is 21.7 Å². The van der Waals surface area contributed by atoms with Crippen molar-refractivity contribution < 1.29 is 17.2 Å². The molecule has 0 unspecified atom stereocenters. The monoisotopic (exact) mass is 311 g/mol. The van der Waals surface area contributed by atoms with E-state index in [1.165, 1.54) is 18.2 Å². The average Bonchev–Trinajstić information content (AvgIpc) is 2.39. The Kier molecular flexibility index (Phi) is 4.39. The summed E-state index contributed by atoms with van der Waals surface area (Å²) >= 11 is 0. The fourth-order valence-corrected chi connectivity index (χ4v) is 2.98. The number of sulfonamides is 1. The molecule has 0 aliphatic heterocycles. The van der Waals surface area contributed by atoms with Gasteiger partial charge in [0.2, 0.25) is 10.0 Å². The van der Waals surface area contributed by atoms with Crippen LogP contribution >= 0.6 is 0 Å². The third kappa shape index (κ3) is 3.65. The van der Waals surface area contributed by atoms with Crippen molar-refractivity contribution in [3.8, 4) is 0 Å². The van der Waals surface area contributed by atoms with Crippen molar-refractivity contribution in [1.29, 1.82) is 0 Å². The molecular weight excluding hydrogens is 296 g/mol. The first kappa shape index (κ1) is 15.6. The van der Waals surface area contributed by atoms with Crippen LogP contribution in [0, 0.1) is 18.6 Å². The van der Waals surface area contributed by atoms with Gasteiger partial charge in [0.1, 0.15) is 0 Å². The average molecular weight is 311 g/mol. The molecule has 2 N–H and O–H groups in total. The summed E-state index contributed by atoms with van der Waals surface area (Å²) < 4.78 is 49.8. The number of rotatable bonds is 4. The molecule has 0 amide bonds. The summed E-state index contributed by atoms with van der Waals surface area (Å²) in [6.45, 7) is 1.82. The van der Waals surface area contributed by atoms with Gasteiger partial charge in [-0.1, -0.05) is 29.8 Å². The molecule has 21 heavy (non-hydrogen) atoms. The molecule has 0 heterocycles. The molecule has 0 aliphatic carbocycles. The van der Waals surface area contributed by atoms with E-state index in [2.05, 4.69) is 0 Å². The smallest absolute Gasteiger partial charge is 0.225 e. The van der Waals surface area contributed by atoms with Crippen molar-refractivity contribution in [2.45, 2.75) is 24.7 Å². The topological polar surface area (TPSA) is 60.2 Å². The van der Waals surface area contributed by atoms with Crippen LogP contribution in [0.3, 0.4) is 0 Å². The van der Waals surface area contributed by atoms with E-state index in [1.54, 1.807) is 12.1 Å². The molecule has 2 aromatic carbocycles. The molecule has 0 radical (unpaired) electrons. The fourth-order valence-electron chi connectivity index (χ4n) is 2.19. The van der Waals surface area contributed by atoms with Crippen LogP contribution in [0.1, 0.15) is 16.7 Å². The summed E-state index contributed by atoms with van der Waals surface area (Å²) in [5.41, 5.74) is 1.58. The molecule has 112 valence electrons. The highest BCUT2D eigenvalue weighted by Crippen LogP contribution is 2.20. The molecule has 0 bridgehead atoms. The van der Waals surface area contributed by atoms with Crippen molar-refractivity contribution in [3.63, 3.8) is 0 Å². The summed E-state index contributed by atoms with van der Waals surface area (Å²) in [6.07, 6.45) is 0.448. The zero-order chi connectivity index (χ0) is 15.6. The van der Waals surface area contributed by atoms with E-state index in [1.807, 2.05) is 6.92 Å². The van der Waals surface area contributed by atoms with Gasteiger partial charge < -0.3 is 0 Å². The van der Waals surface area contributed by atoms with E-state index in [0.29, 0.717) is 5.56 Å². The van der Waals surface area contributed by atoms with E-state index in [9.17, 15) is 17.2 Å². The van der Waals surface area contributed by atoms with Crippen molar-refractivity contribution in [3.05, 3.63) is 64.7 Å². The summed E-state index contributed by atoms with van der Waals surface area (Å²) in [6, 6.07) is 8.71. The Morgan fingerprint density at radius 1 is 1.05 bits per heavy atom. The van der Waals surface area contributed by atoms with Crippen LogP contribution in [0.2, 0.25) is 0 Å². The Hall–Kier alpha value is -1.79. The Morgan fingerprint density at radius 3 is 2.38 bits per heavy atom. The standard InChI is InChI=1S/C15H15F2NO2S/c1-10-5-8-14(21(18,19)20)12(9-10)7-6-11-3-2-4-13(16)15(11)17/h2-5,8-9H,6-7H2,1H3,(H2,18,19,20). The molecule has 0 atom stereocenters. The second-order valence-electron chi connectivity index (χ2n) is 4.87. The first-order chi connectivity index (χ1) is 9.79. The number of hydrogen-bond acceptors (Lipinski definition) is 2. The van der Waals surface area contributed by atoms with E-state index >= 15 is 0 Å². The van der Waals surface area contributed by atoms with Gasteiger partial charge >= 0.3 is 0 Å². The lowest BCUT2D eigenvalue weighted by molar-refractivity contribution is 0.498. The predicted molar refractivity (Wildman–Crippen MR) is 76.3 cm³/mol. The molecule has 3 nitrogen and oxygen atoms in total. The molecule has 0 fully saturated rings. The lowest BCUT2D eigenvalue weighted by Gasteiger charge is -2.10. The lowest BCUT2D eigenvalue weighted by atomic mass is 10.0. The number of hydrogen-bond donors (Lipinski definition) is 1. The summed E-state index contributed by atoms with van der Waals surface area (Å²) in [5.74, 6) is -1.81. The molecule has 6 heteroatoms. The van der Waals surface area contributed by atoms with Gasteiger partial charge in [0.05, 0.1) is 4.90 Å². The van der Waals surface area contributed by atoms with Crippen LogP contribution in [0.4, 0.5) is 8.78 Å². The van der Waals surface area contributed by atoms with Gasteiger partial charge in [-0.3, -0.25) is 0 Å². The van der Waals surface area contributed by atoms with E-state index in [4.69, 9.17) is 5.14 Å². The van der Waals surface area contributed by atoms with Crippen LogP contribution in [0.15, 0.2) is 41.3 Å². The highest BCUT2D eigenvalue weighted by molar-refractivity contribution is 7.89. The Labute approximate surface area is 122 Å². The van der Waals surface area contributed by atoms with Crippen molar-refractivity contribution in [1.82, 2.24) is 0 Å². The van der Waals surface area contributed by atoms with Crippen LogP contribution in [-0.2, 0) is 22.9 Å². The normalized spacial score (nSPS) is 11.6. The number of benzene rings is 2. The summed E-state index contributed by atoms with van der Waals surface area (Å²) in [4.78, 5) is 0.0184. The maximum Gasteiger partial charge on any atom is 0.238 e. The van der Waals surface area contributed by atoms with Gasteiger partial charge in [0, 0.05) is 0 Å². The summed E-state index contributed by atoms with van der Waals surface area (Å²) in [7, 11) is -3.84. The molecular formula is C15H15F2NO2S.